The summed E-state index contributed by atoms with van der Waals surface area (Å²) >= 11 is 0. The lowest BCUT2D eigenvalue weighted by molar-refractivity contribution is -0.123. The number of hydrogen-bond acceptors (Lipinski definition) is 3. The van der Waals surface area contributed by atoms with Crippen molar-refractivity contribution in [3.8, 4) is 0 Å². The third kappa shape index (κ3) is 2.61. The zero-order valence-electron chi connectivity index (χ0n) is 11.0. The smallest absolute Gasteiger partial charge is 0.257 e. The Kier molecular flexibility index (Phi) is 3.96. The number of hydrogen-bond donors (Lipinski definition) is 1. The summed E-state index contributed by atoms with van der Waals surface area (Å²) in [5, 5.41) is 0. The highest BCUT2D eigenvalue weighted by Crippen LogP contribution is 2.24. The van der Waals surface area contributed by atoms with Crippen LogP contribution in [0.3, 0.4) is 0 Å². The number of carbonyl (C=O) groups is 2. The van der Waals surface area contributed by atoms with Gasteiger partial charge >= 0.3 is 0 Å². The fourth-order valence-electron chi connectivity index (χ4n) is 2.36. The molecule has 1 aromatic heterocycles. The van der Waals surface area contributed by atoms with E-state index >= 15 is 0 Å². The molecule has 2 rings (SSSR count). The fourth-order valence-corrected chi connectivity index (χ4v) is 2.36. The first kappa shape index (κ1) is 14.4. The van der Waals surface area contributed by atoms with E-state index in [1.807, 2.05) is 0 Å². The molecule has 0 radical (unpaired) electrons. The van der Waals surface area contributed by atoms with Crippen molar-refractivity contribution in [2.45, 2.75) is 25.8 Å². The van der Waals surface area contributed by atoms with Crippen molar-refractivity contribution in [1.29, 1.82) is 0 Å². The van der Waals surface area contributed by atoms with Crippen molar-refractivity contribution in [3.05, 3.63) is 29.6 Å². The number of carbonyl (C=O) groups excluding carboxylic acids is 2. The van der Waals surface area contributed by atoms with E-state index in [0.717, 1.165) is 12.3 Å². The van der Waals surface area contributed by atoms with E-state index < -0.39 is 29.5 Å². The Balaban J connectivity index is 2.26. The second kappa shape index (κ2) is 5.52. The van der Waals surface area contributed by atoms with E-state index in [-0.39, 0.29) is 18.2 Å². The molecule has 0 aliphatic carbocycles. The largest absolute Gasteiger partial charge is 0.369 e. The van der Waals surface area contributed by atoms with E-state index in [2.05, 4.69) is 4.98 Å². The monoisotopic (exact) mass is 283 g/mol. The lowest BCUT2D eigenvalue weighted by Crippen LogP contribution is -2.48. The molecular weight excluding hydrogens is 268 g/mol. The minimum Gasteiger partial charge on any atom is -0.369 e. The number of rotatable bonds is 2. The molecule has 0 saturated carbocycles. The minimum atomic E-state index is -1.31. The predicted octanol–water partition coefficient (Wildman–Crippen LogP) is 1.09. The van der Waals surface area contributed by atoms with Crippen LogP contribution in [-0.2, 0) is 4.79 Å². The molecule has 2 N–H and O–H groups in total. The summed E-state index contributed by atoms with van der Waals surface area (Å²) in [5.74, 6) is -4.18. The summed E-state index contributed by atoms with van der Waals surface area (Å²) in [6, 6.07) is 0.968. The van der Waals surface area contributed by atoms with Crippen LogP contribution in [0, 0.1) is 17.7 Å². The average molecular weight is 283 g/mol. The van der Waals surface area contributed by atoms with E-state index in [9.17, 15) is 18.4 Å². The molecule has 7 heteroatoms. The Bertz CT molecular complexity index is 550. The van der Waals surface area contributed by atoms with Crippen LogP contribution in [0.2, 0.25) is 0 Å². The first-order valence-electron chi connectivity index (χ1n) is 6.32. The van der Waals surface area contributed by atoms with Gasteiger partial charge in [-0.2, -0.15) is 4.39 Å². The van der Waals surface area contributed by atoms with Crippen LogP contribution in [0.4, 0.5) is 8.78 Å². The summed E-state index contributed by atoms with van der Waals surface area (Å²) in [5.41, 5.74) is 4.87. The van der Waals surface area contributed by atoms with Gasteiger partial charge in [0.15, 0.2) is 5.82 Å². The van der Waals surface area contributed by atoms with Gasteiger partial charge in [0.25, 0.3) is 5.91 Å². The van der Waals surface area contributed by atoms with Crippen LogP contribution in [0.25, 0.3) is 0 Å². The van der Waals surface area contributed by atoms with Crippen molar-refractivity contribution < 1.29 is 18.4 Å². The third-order valence-electron chi connectivity index (χ3n) is 3.62. The molecule has 1 aliphatic rings. The summed E-state index contributed by atoms with van der Waals surface area (Å²) in [7, 11) is 0. The molecule has 2 amide bonds. The predicted molar refractivity (Wildman–Crippen MR) is 66.6 cm³/mol. The van der Waals surface area contributed by atoms with Crippen LogP contribution in [0.5, 0.6) is 0 Å². The number of nitrogens with zero attached hydrogens (tertiary/aromatic N) is 2. The lowest BCUT2D eigenvalue weighted by atomic mass is 9.92. The molecule has 1 aromatic rings. The van der Waals surface area contributed by atoms with Crippen LogP contribution in [0.15, 0.2) is 12.3 Å². The van der Waals surface area contributed by atoms with Crippen LogP contribution in [0.1, 0.15) is 30.1 Å². The molecule has 0 aromatic carbocycles. The van der Waals surface area contributed by atoms with Gasteiger partial charge in [0, 0.05) is 18.8 Å². The van der Waals surface area contributed by atoms with E-state index in [1.54, 1.807) is 6.92 Å². The average Bonchev–Trinajstić information content (AvgIpc) is 2.41. The van der Waals surface area contributed by atoms with Gasteiger partial charge in [0.1, 0.15) is 0 Å². The maximum Gasteiger partial charge on any atom is 0.257 e. The summed E-state index contributed by atoms with van der Waals surface area (Å²) in [6.45, 7) is 1.92. The van der Waals surface area contributed by atoms with Gasteiger partial charge in [-0.25, -0.2) is 9.37 Å². The highest BCUT2D eigenvalue weighted by molar-refractivity contribution is 5.95. The van der Waals surface area contributed by atoms with Gasteiger partial charge in [0.05, 0.1) is 11.5 Å². The Morgan fingerprint density at radius 3 is 2.75 bits per heavy atom. The molecule has 0 spiro atoms. The van der Waals surface area contributed by atoms with Crippen LogP contribution < -0.4 is 5.73 Å². The molecule has 20 heavy (non-hydrogen) atoms. The molecule has 5 nitrogen and oxygen atoms in total. The van der Waals surface area contributed by atoms with Gasteiger partial charge in [0.2, 0.25) is 11.9 Å². The molecule has 1 saturated heterocycles. The normalized spacial score (nSPS) is 22.6. The van der Waals surface area contributed by atoms with Crippen molar-refractivity contribution in [1.82, 2.24) is 9.88 Å². The van der Waals surface area contributed by atoms with Crippen molar-refractivity contribution in [3.63, 3.8) is 0 Å². The summed E-state index contributed by atoms with van der Waals surface area (Å²) in [6.07, 6.45) is 2.22. The second-order valence-corrected chi connectivity index (χ2v) is 4.95. The number of pyridine rings is 1. The maximum absolute atomic E-state index is 13.6. The van der Waals surface area contributed by atoms with E-state index in [4.69, 9.17) is 5.73 Å². The lowest BCUT2D eigenvalue weighted by Gasteiger charge is -2.37. The van der Waals surface area contributed by atoms with Crippen molar-refractivity contribution >= 4 is 11.8 Å². The number of halogens is 2. The standard InChI is InChI=1S/C13H15F2N3O2/c1-7-2-3-8(12(16)19)6-18(7)13(20)9-4-5-17-11(15)10(9)14/h4-5,7-8H,2-3,6H2,1H3,(H2,16,19). The molecular formula is C13H15F2N3O2. The van der Waals surface area contributed by atoms with E-state index in [1.165, 1.54) is 4.90 Å². The number of primary amides is 1. The third-order valence-corrected chi connectivity index (χ3v) is 3.62. The van der Waals surface area contributed by atoms with Crippen LogP contribution in [-0.4, -0.2) is 34.3 Å². The molecule has 108 valence electrons. The minimum absolute atomic E-state index is 0.124. The van der Waals surface area contributed by atoms with Crippen LogP contribution >= 0.6 is 0 Å². The zero-order valence-corrected chi connectivity index (χ0v) is 11.0. The SMILES string of the molecule is CC1CCC(C(N)=O)CN1C(=O)c1ccnc(F)c1F. The molecule has 0 bridgehead atoms. The van der Waals surface area contributed by atoms with Crippen molar-refractivity contribution in [2.75, 3.05) is 6.54 Å². The number of amides is 2. The highest BCUT2D eigenvalue weighted by atomic mass is 19.2. The maximum atomic E-state index is 13.6. The quantitative estimate of drug-likeness (QED) is 0.825. The number of nitrogens with two attached hydrogens (primary N) is 1. The topological polar surface area (TPSA) is 76.3 Å². The summed E-state index contributed by atoms with van der Waals surface area (Å²) < 4.78 is 26.7. The second-order valence-electron chi connectivity index (χ2n) is 4.95. The van der Waals surface area contributed by atoms with E-state index in [0.29, 0.717) is 12.8 Å². The Morgan fingerprint density at radius 2 is 2.10 bits per heavy atom. The molecule has 2 atom stereocenters. The molecule has 1 fully saturated rings. The molecule has 2 unspecified atom stereocenters. The molecule has 1 aliphatic heterocycles. The first-order chi connectivity index (χ1) is 9.41. The number of piperidine rings is 1. The van der Waals surface area contributed by atoms with Gasteiger partial charge in [-0.05, 0) is 25.8 Å². The highest BCUT2D eigenvalue weighted by Gasteiger charge is 2.33. The summed E-state index contributed by atoms with van der Waals surface area (Å²) in [4.78, 5) is 28.0. The fraction of sp³-hybridized carbons (Fsp3) is 0.462. The van der Waals surface area contributed by atoms with Gasteiger partial charge in [-0.3, -0.25) is 9.59 Å². The Labute approximate surface area is 114 Å². The first-order valence-corrected chi connectivity index (χ1v) is 6.32. The number of aromatic nitrogens is 1. The van der Waals surface area contributed by atoms with Gasteiger partial charge in [-0.15, -0.1) is 0 Å². The Morgan fingerprint density at radius 1 is 1.40 bits per heavy atom. The zero-order chi connectivity index (χ0) is 14.9. The van der Waals surface area contributed by atoms with Crippen molar-refractivity contribution in [2.24, 2.45) is 11.7 Å². The van der Waals surface area contributed by atoms with Gasteiger partial charge < -0.3 is 10.6 Å². The Hall–Kier alpha value is -2.05. The van der Waals surface area contributed by atoms with Gasteiger partial charge in [-0.1, -0.05) is 0 Å². The molecule has 2 heterocycles. The number of likely N-dealkylation sites (tertiary alicyclic amines) is 1.